The molecule has 4 rings (SSSR count). The lowest BCUT2D eigenvalue weighted by Gasteiger charge is -2.17. The minimum atomic E-state index is -0.882. The highest BCUT2D eigenvalue weighted by Gasteiger charge is 2.27. The van der Waals surface area contributed by atoms with Crippen LogP contribution in [0.15, 0.2) is 55.1 Å². The summed E-state index contributed by atoms with van der Waals surface area (Å²) in [5.41, 5.74) is 1.76. The number of Topliss-reactive ketones (excluding diaryl/α,β-unsaturated/α-hetero) is 1. The van der Waals surface area contributed by atoms with E-state index in [1.165, 1.54) is 28.1 Å². The predicted molar refractivity (Wildman–Crippen MR) is 92.8 cm³/mol. The smallest absolute Gasteiger partial charge is 0.210 e. The average molecular weight is 373 g/mol. The largest absolute Gasteiger partial charge is 0.290 e. The van der Waals surface area contributed by atoms with Crippen LogP contribution in [-0.2, 0) is 0 Å². The fraction of sp³-hybridized carbons (Fsp3) is 0.0625. The van der Waals surface area contributed by atoms with Crippen LogP contribution in [0.5, 0.6) is 0 Å². The third-order valence-corrected chi connectivity index (χ3v) is 4.47. The Kier molecular flexibility index (Phi) is 3.95. The molecule has 2 aromatic heterocycles. The van der Waals surface area contributed by atoms with E-state index in [-0.39, 0.29) is 5.78 Å². The first-order valence-corrected chi connectivity index (χ1v) is 8.04. The lowest BCUT2D eigenvalue weighted by Crippen LogP contribution is -2.28. The van der Waals surface area contributed by atoms with Crippen molar-refractivity contribution < 1.29 is 4.79 Å². The number of hydrogen-bond donors (Lipinski definition) is 0. The summed E-state index contributed by atoms with van der Waals surface area (Å²) >= 11 is 12.0. The first-order valence-electron chi connectivity index (χ1n) is 7.28. The van der Waals surface area contributed by atoms with Gasteiger partial charge in [-0.15, -0.1) is 5.10 Å². The van der Waals surface area contributed by atoms with E-state index in [1.54, 1.807) is 12.1 Å². The zero-order valence-electron chi connectivity index (χ0n) is 12.6. The lowest BCUT2D eigenvalue weighted by molar-refractivity contribution is 0.0888. The summed E-state index contributed by atoms with van der Waals surface area (Å²) in [5, 5.41) is 13.0. The number of fused-ring (bicyclic) bond motifs is 1. The molecule has 0 amide bonds. The first-order chi connectivity index (χ1) is 12.1. The molecule has 7 nitrogen and oxygen atoms in total. The maximum atomic E-state index is 13.2. The molecule has 0 spiro atoms. The molecule has 0 bridgehead atoms. The van der Waals surface area contributed by atoms with Gasteiger partial charge in [0.05, 0.1) is 15.6 Å². The van der Waals surface area contributed by atoms with Crippen LogP contribution in [0.4, 0.5) is 0 Å². The van der Waals surface area contributed by atoms with Crippen molar-refractivity contribution in [3.05, 3.63) is 70.7 Å². The molecular formula is C16H10Cl2N6O. The van der Waals surface area contributed by atoms with Crippen molar-refractivity contribution in [3.8, 4) is 0 Å². The lowest BCUT2D eigenvalue weighted by atomic mass is 10.1. The van der Waals surface area contributed by atoms with Crippen molar-refractivity contribution in [1.82, 2.24) is 29.8 Å². The Balaban J connectivity index is 1.87. The van der Waals surface area contributed by atoms with Gasteiger partial charge in [0.1, 0.15) is 18.2 Å². The Labute approximate surface area is 151 Å². The molecule has 0 fully saturated rings. The molecule has 0 N–H and O–H groups in total. The summed E-state index contributed by atoms with van der Waals surface area (Å²) in [5.74, 6) is -0.264. The van der Waals surface area contributed by atoms with Gasteiger partial charge in [-0.3, -0.25) is 4.79 Å². The van der Waals surface area contributed by atoms with Gasteiger partial charge < -0.3 is 0 Å². The third kappa shape index (κ3) is 2.77. The Morgan fingerprint density at radius 1 is 1.08 bits per heavy atom. The highest BCUT2D eigenvalue weighted by molar-refractivity contribution is 6.42. The van der Waals surface area contributed by atoms with E-state index < -0.39 is 6.17 Å². The zero-order chi connectivity index (χ0) is 17.4. The van der Waals surface area contributed by atoms with E-state index in [0.29, 0.717) is 26.6 Å². The molecule has 0 aliphatic carbocycles. The van der Waals surface area contributed by atoms with E-state index in [9.17, 15) is 4.79 Å². The van der Waals surface area contributed by atoms with E-state index in [1.807, 2.05) is 24.3 Å². The molecule has 2 heterocycles. The minimum Gasteiger partial charge on any atom is -0.290 e. The molecule has 2 aromatic carbocycles. The molecule has 9 heteroatoms. The predicted octanol–water partition coefficient (Wildman–Crippen LogP) is 3.26. The molecule has 1 unspecified atom stereocenters. The number of ketones is 1. The fourth-order valence-corrected chi connectivity index (χ4v) is 2.85. The molecular weight excluding hydrogens is 363 g/mol. The van der Waals surface area contributed by atoms with Gasteiger partial charge in [-0.25, -0.2) is 14.3 Å². The van der Waals surface area contributed by atoms with Gasteiger partial charge in [0, 0.05) is 5.56 Å². The Bertz CT molecular complexity index is 1060. The van der Waals surface area contributed by atoms with Crippen LogP contribution in [0, 0.1) is 0 Å². The van der Waals surface area contributed by atoms with Gasteiger partial charge in [-0.2, -0.15) is 5.10 Å². The number of rotatable bonds is 4. The van der Waals surface area contributed by atoms with Crippen molar-refractivity contribution in [2.75, 3.05) is 0 Å². The molecule has 0 radical (unpaired) electrons. The average Bonchev–Trinajstić information content (AvgIpc) is 3.28. The highest BCUT2D eigenvalue weighted by Crippen LogP contribution is 2.26. The minimum absolute atomic E-state index is 0.264. The van der Waals surface area contributed by atoms with Crippen molar-refractivity contribution in [1.29, 1.82) is 0 Å². The summed E-state index contributed by atoms with van der Waals surface area (Å²) in [6.07, 6.45) is 1.93. The van der Waals surface area contributed by atoms with Crippen molar-refractivity contribution >= 4 is 40.0 Å². The topological polar surface area (TPSA) is 78.5 Å². The number of nitrogens with zero attached hydrogens (tertiary/aromatic N) is 6. The van der Waals surface area contributed by atoms with E-state index in [4.69, 9.17) is 23.2 Å². The zero-order valence-corrected chi connectivity index (χ0v) is 14.1. The normalized spacial score (nSPS) is 12.4. The van der Waals surface area contributed by atoms with Gasteiger partial charge in [-0.05, 0) is 30.3 Å². The molecule has 4 aromatic rings. The highest BCUT2D eigenvalue weighted by atomic mass is 35.5. The van der Waals surface area contributed by atoms with Gasteiger partial charge in [0.25, 0.3) is 0 Å². The van der Waals surface area contributed by atoms with E-state index in [2.05, 4.69) is 20.4 Å². The van der Waals surface area contributed by atoms with Crippen LogP contribution in [0.2, 0.25) is 10.0 Å². The molecule has 0 saturated heterocycles. The van der Waals surface area contributed by atoms with Crippen LogP contribution in [-0.4, -0.2) is 35.5 Å². The standard InChI is InChI=1S/C16H10Cl2N6O/c17-11-6-5-10(7-12(11)18)15(25)16(23-9-19-8-20-23)24-14-4-2-1-3-13(14)21-22-24/h1-9,16H. The van der Waals surface area contributed by atoms with Crippen molar-refractivity contribution in [2.24, 2.45) is 0 Å². The van der Waals surface area contributed by atoms with Gasteiger partial charge in [0.15, 0.2) is 0 Å². The summed E-state index contributed by atoms with van der Waals surface area (Å²) in [6.45, 7) is 0. The summed E-state index contributed by atoms with van der Waals surface area (Å²) < 4.78 is 2.93. The number of benzene rings is 2. The SMILES string of the molecule is O=C(c1ccc(Cl)c(Cl)c1)C(n1cncn1)n1nnc2ccccc21. The number of para-hydroxylation sites is 1. The number of carbonyl (C=O) groups excluding carboxylic acids is 1. The number of aromatic nitrogens is 6. The Morgan fingerprint density at radius 2 is 1.92 bits per heavy atom. The molecule has 0 aliphatic heterocycles. The molecule has 0 saturated carbocycles. The number of carbonyl (C=O) groups is 1. The second kappa shape index (κ2) is 6.27. The second-order valence-electron chi connectivity index (χ2n) is 5.27. The van der Waals surface area contributed by atoms with Gasteiger partial charge in [0.2, 0.25) is 11.9 Å². The molecule has 25 heavy (non-hydrogen) atoms. The summed E-state index contributed by atoms with van der Waals surface area (Å²) in [7, 11) is 0. The van der Waals surface area contributed by atoms with Crippen LogP contribution >= 0.6 is 23.2 Å². The third-order valence-electron chi connectivity index (χ3n) is 3.73. The number of hydrogen-bond acceptors (Lipinski definition) is 5. The van der Waals surface area contributed by atoms with Crippen LogP contribution in [0.25, 0.3) is 11.0 Å². The maximum Gasteiger partial charge on any atom is 0.210 e. The van der Waals surface area contributed by atoms with Crippen LogP contribution in [0.1, 0.15) is 16.5 Å². The van der Waals surface area contributed by atoms with Crippen LogP contribution in [0.3, 0.4) is 0 Å². The summed E-state index contributed by atoms with van der Waals surface area (Å²) in [6, 6.07) is 12.1. The number of halogens is 2. The Hall–Kier alpha value is -2.77. The maximum absolute atomic E-state index is 13.2. The summed E-state index contributed by atoms with van der Waals surface area (Å²) in [4.78, 5) is 17.1. The van der Waals surface area contributed by atoms with E-state index in [0.717, 1.165) is 0 Å². The molecule has 1 atom stereocenters. The molecule has 124 valence electrons. The fourth-order valence-electron chi connectivity index (χ4n) is 2.55. The van der Waals surface area contributed by atoms with E-state index >= 15 is 0 Å². The van der Waals surface area contributed by atoms with Crippen LogP contribution < -0.4 is 0 Å². The first kappa shape index (κ1) is 15.7. The monoisotopic (exact) mass is 372 g/mol. The van der Waals surface area contributed by atoms with Crippen molar-refractivity contribution in [3.63, 3.8) is 0 Å². The quantitative estimate of drug-likeness (QED) is 0.513. The Morgan fingerprint density at radius 3 is 2.68 bits per heavy atom. The molecule has 0 aliphatic rings. The van der Waals surface area contributed by atoms with Crippen molar-refractivity contribution in [2.45, 2.75) is 6.17 Å². The van der Waals surface area contributed by atoms with Gasteiger partial charge >= 0.3 is 0 Å². The van der Waals surface area contributed by atoms with Gasteiger partial charge in [-0.1, -0.05) is 40.5 Å². The second-order valence-corrected chi connectivity index (χ2v) is 6.08.